The van der Waals surface area contributed by atoms with Gasteiger partial charge in [0.15, 0.2) is 0 Å². The quantitative estimate of drug-likeness (QED) is 0.503. The van der Waals surface area contributed by atoms with E-state index in [1.165, 1.54) is 19.3 Å². The number of carbonyl (C=O) groups excluding carboxylic acids is 1. The summed E-state index contributed by atoms with van der Waals surface area (Å²) in [5.74, 6) is 0.680. The summed E-state index contributed by atoms with van der Waals surface area (Å²) in [5.41, 5.74) is 0.955. The Labute approximate surface area is 115 Å². The van der Waals surface area contributed by atoms with Gasteiger partial charge in [-0.05, 0) is 31.0 Å². The first-order valence-corrected chi connectivity index (χ1v) is 7.13. The fourth-order valence-corrected chi connectivity index (χ4v) is 1.80. The zero-order valence-electron chi connectivity index (χ0n) is 12.0. The van der Waals surface area contributed by atoms with Gasteiger partial charge in [-0.1, -0.05) is 38.3 Å². The molecule has 1 aromatic rings. The standard InChI is InChI=1S/C16H24O3/c1-3-5-6-7-12-19-15-10-8-14(9-11-15)13-16(17)18-4-2/h8-11H,3-7,12-13H2,1-2H3. The number of rotatable bonds is 9. The number of unbranched alkanes of at least 4 members (excludes halogenated alkanes) is 3. The van der Waals surface area contributed by atoms with Gasteiger partial charge in [0.2, 0.25) is 0 Å². The van der Waals surface area contributed by atoms with Crippen LogP contribution in [0.5, 0.6) is 5.75 Å². The van der Waals surface area contributed by atoms with Gasteiger partial charge in [0.1, 0.15) is 5.75 Å². The molecule has 0 N–H and O–H groups in total. The molecular formula is C16H24O3. The van der Waals surface area contributed by atoms with Crippen molar-refractivity contribution < 1.29 is 14.3 Å². The molecule has 3 heteroatoms. The third-order valence-corrected chi connectivity index (χ3v) is 2.84. The van der Waals surface area contributed by atoms with E-state index in [-0.39, 0.29) is 5.97 Å². The molecule has 0 spiro atoms. The maximum absolute atomic E-state index is 11.3. The van der Waals surface area contributed by atoms with Crippen molar-refractivity contribution >= 4 is 5.97 Å². The fraction of sp³-hybridized carbons (Fsp3) is 0.562. The predicted molar refractivity (Wildman–Crippen MR) is 76.4 cm³/mol. The molecule has 0 radical (unpaired) electrons. The van der Waals surface area contributed by atoms with Gasteiger partial charge in [-0.3, -0.25) is 4.79 Å². The highest BCUT2D eigenvalue weighted by atomic mass is 16.5. The second kappa shape index (κ2) is 9.42. The molecule has 0 aliphatic carbocycles. The number of hydrogen-bond donors (Lipinski definition) is 0. The van der Waals surface area contributed by atoms with Gasteiger partial charge in [0.05, 0.1) is 19.6 Å². The molecule has 0 amide bonds. The van der Waals surface area contributed by atoms with E-state index in [0.29, 0.717) is 13.0 Å². The van der Waals surface area contributed by atoms with E-state index in [2.05, 4.69) is 6.92 Å². The fourth-order valence-electron chi connectivity index (χ4n) is 1.80. The highest BCUT2D eigenvalue weighted by Crippen LogP contribution is 2.13. The average molecular weight is 264 g/mol. The monoisotopic (exact) mass is 264 g/mol. The lowest BCUT2D eigenvalue weighted by molar-refractivity contribution is -0.142. The van der Waals surface area contributed by atoms with E-state index in [0.717, 1.165) is 24.3 Å². The molecule has 0 unspecified atom stereocenters. The van der Waals surface area contributed by atoms with Gasteiger partial charge in [-0.2, -0.15) is 0 Å². The van der Waals surface area contributed by atoms with Crippen molar-refractivity contribution in [1.29, 1.82) is 0 Å². The van der Waals surface area contributed by atoms with Crippen LogP contribution >= 0.6 is 0 Å². The molecule has 3 nitrogen and oxygen atoms in total. The summed E-state index contributed by atoms with van der Waals surface area (Å²) in [6, 6.07) is 7.65. The van der Waals surface area contributed by atoms with Crippen molar-refractivity contribution in [3.8, 4) is 5.75 Å². The normalized spacial score (nSPS) is 10.2. The number of ether oxygens (including phenoxy) is 2. The van der Waals surface area contributed by atoms with Crippen molar-refractivity contribution in [3.05, 3.63) is 29.8 Å². The average Bonchev–Trinajstić information content (AvgIpc) is 2.41. The second-order valence-electron chi connectivity index (χ2n) is 4.53. The largest absolute Gasteiger partial charge is 0.494 e. The first-order chi connectivity index (χ1) is 9.26. The summed E-state index contributed by atoms with van der Waals surface area (Å²) >= 11 is 0. The van der Waals surface area contributed by atoms with E-state index < -0.39 is 0 Å². The lowest BCUT2D eigenvalue weighted by Gasteiger charge is -2.07. The number of carbonyl (C=O) groups is 1. The van der Waals surface area contributed by atoms with Crippen LogP contribution in [0.2, 0.25) is 0 Å². The summed E-state index contributed by atoms with van der Waals surface area (Å²) in [4.78, 5) is 11.3. The maximum Gasteiger partial charge on any atom is 0.310 e. The lowest BCUT2D eigenvalue weighted by atomic mass is 10.1. The first-order valence-electron chi connectivity index (χ1n) is 7.13. The molecule has 0 saturated heterocycles. The van der Waals surface area contributed by atoms with Gasteiger partial charge < -0.3 is 9.47 Å². The number of hydrogen-bond acceptors (Lipinski definition) is 3. The minimum atomic E-state index is -0.185. The molecule has 106 valence electrons. The van der Waals surface area contributed by atoms with Crippen LogP contribution in [-0.4, -0.2) is 19.2 Å². The highest BCUT2D eigenvalue weighted by Gasteiger charge is 2.03. The van der Waals surface area contributed by atoms with Crippen molar-refractivity contribution in [1.82, 2.24) is 0 Å². The topological polar surface area (TPSA) is 35.5 Å². The Morgan fingerprint density at radius 2 is 1.79 bits per heavy atom. The van der Waals surface area contributed by atoms with Gasteiger partial charge in [-0.15, -0.1) is 0 Å². The SMILES string of the molecule is CCCCCCOc1ccc(CC(=O)OCC)cc1. The zero-order chi connectivity index (χ0) is 13.9. The van der Waals surface area contributed by atoms with Crippen LogP contribution in [0.4, 0.5) is 0 Å². The minimum Gasteiger partial charge on any atom is -0.494 e. The third kappa shape index (κ3) is 6.85. The molecule has 0 bridgehead atoms. The minimum absolute atomic E-state index is 0.185. The Bertz CT molecular complexity index is 357. The van der Waals surface area contributed by atoms with E-state index in [4.69, 9.17) is 9.47 Å². The number of esters is 1. The third-order valence-electron chi connectivity index (χ3n) is 2.84. The Kier molecular flexibility index (Phi) is 7.71. The second-order valence-corrected chi connectivity index (χ2v) is 4.53. The summed E-state index contributed by atoms with van der Waals surface area (Å²) in [6.07, 6.45) is 5.14. The maximum atomic E-state index is 11.3. The Hall–Kier alpha value is -1.51. The van der Waals surface area contributed by atoms with Crippen LogP contribution in [0.3, 0.4) is 0 Å². The molecular weight excluding hydrogens is 240 g/mol. The molecule has 0 saturated carbocycles. The molecule has 0 atom stereocenters. The molecule has 1 rings (SSSR count). The molecule has 0 aliphatic heterocycles. The van der Waals surface area contributed by atoms with Crippen molar-refractivity contribution in [2.24, 2.45) is 0 Å². The van der Waals surface area contributed by atoms with Crippen molar-refractivity contribution in [3.63, 3.8) is 0 Å². The molecule has 0 fully saturated rings. The molecule has 19 heavy (non-hydrogen) atoms. The van der Waals surface area contributed by atoms with Crippen LogP contribution in [0.15, 0.2) is 24.3 Å². The van der Waals surface area contributed by atoms with Crippen molar-refractivity contribution in [2.75, 3.05) is 13.2 Å². The Balaban J connectivity index is 2.29. The predicted octanol–water partition coefficient (Wildman–Crippen LogP) is 3.75. The van der Waals surface area contributed by atoms with Gasteiger partial charge in [-0.25, -0.2) is 0 Å². The summed E-state index contributed by atoms with van der Waals surface area (Å²) in [6.45, 7) is 5.20. The van der Waals surface area contributed by atoms with Crippen LogP contribution in [0.25, 0.3) is 0 Å². The van der Waals surface area contributed by atoms with E-state index in [9.17, 15) is 4.79 Å². The Morgan fingerprint density at radius 3 is 2.42 bits per heavy atom. The molecule has 0 aromatic heterocycles. The summed E-state index contributed by atoms with van der Waals surface area (Å²) in [7, 11) is 0. The van der Waals surface area contributed by atoms with Gasteiger partial charge in [0.25, 0.3) is 0 Å². The van der Waals surface area contributed by atoms with Crippen molar-refractivity contribution in [2.45, 2.75) is 46.0 Å². The van der Waals surface area contributed by atoms with Crippen LogP contribution in [-0.2, 0) is 16.0 Å². The van der Waals surface area contributed by atoms with E-state index in [1.807, 2.05) is 31.2 Å². The molecule has 0 heterocycles. The number of benzene rings is 1. The Morgan fingerprint density at radius 1 is 1.05 bits per heavy atom. The van der Waals surface area contributed by atoms with Crippen LogP contribution in [0, 0.1) is 0 Å². The summed E-state index contributed by atoms with van der Waals surface area (Å²) < 4.78 is 10.6. The van der Waals surface area contributed by atoms with E-state index in [1.54, 1.807) is 0 Å². The smallest absolute Gasteiger partial charge is 0.310 e. The lowest BCUT2D eigenvalue weighted by Crippen LogP contribution is -2.07. The molecule has 1 aromatic carbocycles. The van der Waals surface area contributed by atoms with Crippen LogP contribution in [0.1, 0.15) is 45.1 Å². The highest BCUT2D eigenvalue weighted by molar-refractivity contribution is 5.72. The van der Waals surface area contributed by atoms with Gasteiger partial charge >= 0.3 is 5.97 Å². The summed E-state index contributed by atoms with van der Waals surface area (Å²) in [5, 5.41) is 0. The first kappa shape index (κ1) is 15.5. The van der Waals surface area contributed by atoms with E-state index >= 15 is 0 Å². The van der Waals surface area contributed by atoms with Crippen LogP contribution < -0.4 is 4.74 Å². The zero-order valence-corrected chi connectivity index (χ0v) is 12.0. The molecule has 0 aliphatic rings. The van der Waals surface area contributed by atoms with Gasteiger partial charge in [0, 0.05) is 0 Å².